The summed E-state index contributed by atoms with van der Waals surface area (Å²) >= 11 is 1.86. The standard InChI is InChI=1S/C16H29N3OS/c1-12-7-6-9-19(12)15-18-14(16(2,3)4)13(21-15)11-17-8-10-20-5/h12,17H,6-11H2,1-5H3. The quantitative estimate of drug-likeness (QED) is 0.819. The van der Waals surface area contributed by atoms with Gasteiger partial charge in [0.25, 0.3) is 0 Å². The number of aromatic nitrogens is 1. The summed E-state index contributed by atoms with van der Waals surface area (Å²) in [5, 5.41) is 4.66. The molecule has 2 heterocycles. The van der Waals surface area contributed by atoms with Crippen molar-refractivity contribution in [3.05, 3.63) is 10.6 Å². The maximum Gasteiger partial charge on any atom is 0.186 e. The number of thiazole rings is 1. The van der Waals surface area contributed by atoms with Crippen molar-refractivity contribution < 1.29 is 4.74 Å². The molecule has 1 saturated heterocycles. The molecule has 0 spiro atoms. The van der Waals surface area contributed by atoms with E-state index in [0.717, 1.165) is 26.2 Å². The average Bonchev–Trinajstić information content (AvgIpc) is 3.00. The lowest BCUT2D eigenvalue weighted by Gasteiger charge is -2.20. The molecular formula is C16H29N3OS. The van der Waals surface area contributed by atoms with Crippen LogP contribution < -0.4 is 10.2 Å². The summed E-state index contributed by atoms with van der Waals surface area (Å²) in [7, 11) is 1.74. The van der Waals surface area contributed by atoms with E-state index in [4.69, 9.17) is 9.72 Å². The lowest BCUT2D eigenvalue weighted by atomic mass is 9.91. The molecule has 1 atom stereocenters. The zero-order valence-corrected chi connectivity index (χ0v) is 14.8. The Morgan fingerprint density at radius 2 is 2.19 bits per heavy atom. The maximum absolute atomic E-state index is 5.09. The van der Waals surface area contributed by atoms with Gasteiger partial charge in [-0.15, -0.1) is 11.3 Å². The monoisotopic (exact) mass is 311 g/mol. The van der Waals surface area contributed by atoms with Crippen molar-refractivity contribution in [1.82, 2.24) is 10.3 Å². The summed E-state index contributed by atoms with van der Waals surface area (Å²) < 4.78 is 5.09. The fraction of sp³-hybridized carbons (Fsp3) is 0.812. The molecule has 0 bridgehead atoms. The summed E-state index contributed by atoms with van der Waals surface area (Å²) in [5.74, 6) is 0. The van der Waals surface area contributed by atoms with Crippen LogP contribution in [0.5, 0.6) is 0 Å². The fourth-order valence-electron chi connectivity index (χ4n) is 2.76. The number of methoxy groups -OCH3 is 1. The highest BCUT2D eigenvalue weighted by atomic mass is 32.1. The Balaban J connectivity index is 2.15. The molecule has 1 aromatic heterocycles. The third-order valence-corrected chi connectivity index (χ3v) is 5.06. The summed E-state index contributed by atoms with van der Waals surface area (Å²) in [6.45, 7) is 12.7. The van der Waals surface area contributed by atoms with Crippen LogP contribution in [0.4, 0.5) is 5.13 Å². The first-order chi connectivity index (χ1) is 9.93. The molecule has 1 unspecified atom stereocenters. The molecule has 0 saturated carbocycles. The topological polar surface area (TPSA) is 37.4 Å². The average molecular weight is 311 g/mol. The van der Waals surface area contributed by atoms with E-state index < -0.39 is 0 Å². The lowest BCUT2D eigenvalue weighted by Crippen LogP contribution is -2.26. The number of nitrogens with one attached hydrogen (secondary N) is 1. The molecule has 0 amide bonds. The van der Waals surface area contributed by atoms with Gasteiger partial charge >= 0.3 is 0 Å². The van der Waals surface area contributed by atoms with E-state index in [1.165, 1.54) is 28.5 Å². The Bertz CT molecular complexity index is 453. The number of rotatable bonds is 6. The van der Waals surface area contributed by atoms with Crippen LogP contribution in [0.25, 0.3) is 0 Å². The largest absolute Gasteiger partial charge is 0.383 e. The van der Waals surface area contributed by atoms with Gasteiger partial charge in [-0.2, -0.15) is 0 Å². The van der Waals surface area contributed by atoms with E-state index in [2.05, 4.69) is 37.9 Å². The van der Waals surface area contributed by atoms with Crippen molar-refractivity contribution in [1.29, 1.82) is 0 Å². The molecule has 1 aliphatic rings. The number of anilines is 1. The minimum atomic E-state index is 0.0932. The molecule has 1 aromatic rings. The first-order valence-corrected chi connectivity index (χ1v) is 8.71. The van der Waals surface area contributed by atoms with E-state index in [1.54, 1.807) is 7.11 Å². The zero-order chi connectivity index (χ0) is 15.5. The van der Waals surface area contributed by atoms with Crippen LogP contribution in [-0.4, -0.2) is 37.8 Å². The highest BCUT2D eigenvalue weighted by Gasteiger charge is 2.28. The van der Waals surface area contributed by atoms with Crippen LogP contribution in [0.3, 0.4) is 0 Å². The summed E-state index contributed by atoms with van der Waals surface area (Å²) in [6, 6.07) is 0.623. The second-order valence-electron chi connectivity index (χ2n) is 6.87. The predicted molar refractivity (Wildman–Crippen MR) is 90.4 cm³/mol. The number of hydrogen-bond donors (Lipinski definition) is 1. The van der Waals surface area contributed by atoms with Crippen LogP contribution in [0.1, 0.15) is 51.1 Å². The molecule has 1 aliphatic heterocycles. The van der Waals surface area contributed by atoms with Gasteiger partial charge in [0.1, 0.15) is 0 Å². The molecule has 2 rings (SSSR count). The molecule has 0 aromatic carbocycles. The Kier molecular flexibility index (Phi) is 5.63. The smallest absolute Gasteiger partial charge is 0.186 e. The van der Waals surface area contributed by atoms with Crippen molar-refractivity contribution in [3.8, 4) is 0 Å². The second-order valence-corrected chi connectivity index (χ2v) is 7.93. The number of ether oxygens (including phenoxy) is 1. The summed E-state index contributed by atoms with van der Waals surface area (Å²) in [5.41, 5.74) is 1.34. The number of nitrogens with zero attached hydrogens (tertiary/aromatic N) is 2. The molecule has 1 N–H and O–H groups in total. The Hall–Kier alpha value is -0.650. The third kappa shape index (κ3) is 4.18. The molecular weight excluding hydrogens is 282 g/mol. The fourth-order valence-corrected chi connectivity index (χ4v) is 4.13. The minimum absolute atomic E-state index is 0.0932. The van der Waals surface area contributed by atoms with E-state index >= 15 is 0 Å². The highest BCUT2D eigenvalue weighted by Crippen LogP contribution is 2.36. The van der Waals surface area contributed by atoms with Gasteiger partial charge in [0.15, 0.2) is 5.13 Å². The van der Waals surface area contributed by atoms with Crippen LogP contribution in [-0.2, 0) is 16.7 Å². The molecule has 0 radical (unpaired) electrons. The van der Waals surface area contributed by atoms with Crippen molar-refractivity contribution in [2.75, 3.05) is 31.7 Å². The lowest BCUT2D eigenvalue weighted by molar-refractivity contribution is 0.199. The van der Waals surface area contributed by atoms with Crippen LogP contribution in [0.15, 0.2) is 0 Å². The van der Waals surface area contributed by atoms with Gasteiger partial charge in [-0.1, -0.05) is 20.8 Å². The van der Waals surface area contributed by atoms with Crippen LogP contribution >= 0.6 is 11.3 Å². The molecule has 4 nitrogen and oxygen atoms in total. The van der Waals surface area contributed by atoms with Crippen LogP contribution in [0, 0.1) is 0 Å². The van der Waals surface area contributed by atoms with Crippen LogP contribution in [0.2, 0.25) is 0 Å². The molecule has 21 heavy (non-hydrogen) atoms. The predicted octanol–water partition coefficient (Wildman–Crippen LogP) is 3.17. The van der Waals surface area contributed by atoms with Gasteiger partial charge in [-0.3, -0.25) is 0 Å². The second kappa shape index (κ2) is 7.07. The van der Waals surface area contributed by atoms with Gasteiger partial charge in [0.2, 0.25) is 0 Å². The molecule has 0 aliphatic carbocycles. The Morgan fingerprint density at radius 3 is 2.76 bits per heavy atom. The third-order valence-electron chi connectivity index (χ3n) is 3.96. The minimum Gasteiger partial charge on any atom is -0.383 e. The van der Waals surface area contributed by atoms with Gasteiger partial charge in [-0.25, -0.2) is 4.98 Å². The van der Waals surface area contributed by atoms with Gasteiger partial charge in [0, 0.05) is 43.1 Å². The summed E-state index contributed by atoms with van der Waals surface area (Å²) in [4.78, 5) is 8.83. The zero-order valence-electron chi connectivity index (χ0n) is 14.0. The van der Waals surface area contributed by atoms with Crippen molar-refractivity contribution in [3.63, 3.8) is 0 Å². The number of hydrogen-bond acceptors (Lipinski definition) is 5. The molecule has 1 fully saturated rings. The van der Waals surface area contributed by atoms with E-state index in [9.17, 15) is 0 Å². The van der Waals surface area contributed by atoms with E-state index in [1.807, 2.05) is 11.3 Å². The Morgan fingerprint density at radius 1 is 1.43 bits per heavy atom. The van der Waals surface area contributed by atoms with E-state index in [0.29, 0.717) is 6.04 Å². The SMILES string of the molecule is COCCNCc1sc(N2CCCC2C)nc1C(C)(C)C. The van der Waals surface area contributed by atoms with Gasteiger partial charge < -0.3 is 15.0 Å². The first-order valence-electron chi connectivity index (χ1n) is 7.90. The van der Waals surface area contributed by atoms with Crippen molar-refractivity contribution in [2.24, 2.45) is 0 Å². The van der Waals surface area contributed by atoms with Crippen molar-refractivity contribution in [2.45, 2.75) is 58.5 Å². The Labute approximate surface area is 132 Å². The molecule has 5 heteroatoms. The molecule has 120 valence electrons. The van der Waals surface area contributed by atoms with Crippen molar-refractivity contribution >= 4 is 16.5 Å². The van der Waals surface area contributed by atoms with Gasteiger partial charge in [-0.05, 0) is 19.8 Å². The highest BCUT2D eigenvalue weighted by molar-refractivity contribution is 7.15. The normalized spacial score (nSPS) is 19.5. The van der Waals surface area contributed by atoms with E-state index in [-0.39, 0.29) is 5.41 Å². The van der Waals surface area contributed by atoms with Gasteiger partial charge in [0.05, 0.1) is 12.3 Å². The maximum atomic E-state index is 5.09. The first kappa shape index (κ1) is 16.7. The summed E-state index contributed by atoms with van der Waals surface area (Å²) in [6.07, 6.45) is 2.57.